The van der Waals surface area contributed by atoms with Crippen LogP contribution in [-0.2, 0) is 0 Å². The molecule has 0 bridgehead atoms. The van der Waals surface area contributed by atoms with Gasteiger partial charge in [-0.05, 0) is 25.2 Å². The highest BCUT2D eigenvalue weighted by atomic mass is 32.1. The lowest BCUT2D eigenvalue weighted by molar-refractivity contribution is 0.525. The molecule has 1 heterocycles. The van der Waals surface area contributed by atoms with Crippen molar-refractivity contribution in [3.63, 3.8) is 0 Å². The Labute approximate surface area is 79.0 Å². The zero-order chi connectivity index (χ0) is 8.97. The van der Waals surface area contributed by atoms with Gasteiger partial charge in [-0.1, -0.05) is 0 Å². The molecule has 0 aliphatic rings. The molecule has 0 radical (unpaired) electrons. The van der Waals surface area contributed by atoms with Crippen molar-refractivity contribution in [2.45, 2.75) is 13.3 Å². The first kappa shape index (κ1) is 9.52. The molecule has 2 nitrogen and oxygen atoms in total. The zero-order valence-electron chi connectivity index (χ0n) is 7.58. The van der Waals surface area contributed by atoms with Gasteiger partial charge in [0.05, 0.1) is 0 Å². The van der Waals surface area contributed by atoms with Gasteiger partial charge in [-0.3, -0.25) is 0 Å². The van der Waals surface area contributed by atoms with Crippen molar-refractivity contribution in [1.82, 2.24) is 0 Å². The Morgan fingerprint density at radius 1 is 1.50 bits per heavy atom. The maximum atomic E-state index is 5.44. The maximum absolute atomic E-state index is 5.44. The minimum Gasteiger partial charge on any atom is -0.446 e. The number of aryl methyl sites for hydroxylation is 1. The van der Waals surface area contributed by atoms with Crippen LogP contribution in [0.3, 0.4) is 0 Å². The van der Waals surface area contributed by atoms with E-state index in [-0.39, 0.29) is 0 Å². The number of hydrogen-bond acceptors (Lipinski definition) is 3. The Kier molecular flexibility index (Phi) is 3.53. The van der Waals surface area contributed by atoms with Crippen LogP contribution in [0.2, 0.25) is 0 Å². The van der Waals surface area contributed by atoms with Crippen LogP contribution in [0.25, 0.3) is 0 Å². The van der Waals surface area contributed by atoms with Crippen molar-refractivity contribution in [1.29, 1.82) is 0 Å². The molecule has 0 spiro atoms. The molecular weight excluding hydrogens is 170 g/mol. The Balaban J connectivity index is 2.47. The lowest BCUT2D eigenvalue weighted by Gasteiger charge is -2.14. The quantitative estimate of drug-likeness (QED) is 0.725. The Hall–Kier alpha value is -0.570. The number of furan rings is 1. The predicted octanol–water partition coefficient (Wildman–Crippen LogP) is 2.34. The van der Waals surface area contributed by atoms with Crippen LogP contribution < -0.4 is 4.90 Å². The van der Waals surface area contributed by atoms with Gasteiger partial charge in [-0.25, -0.2) is 0 Å². The van der Waals surface area contributed by atoms with Crippen LogP contribution in [0.1, 0.15) is 12.2 Å². The summed E-state index contributed by atoms with van der Waals surface area (Å²) in [5.74, 6) is 2.82. The molecule has 0 fully saturated rings. The van der Waals surface area contributed by atoms with Crippen molar-refractivity contribution in [2.75, 3.05) is 24.2 Å². The van der Waals surface area contributed by atoms with Crippen LogP contribution in [0, 0.1) is 6.92 Å². The highest BCUT2D eigenvalue weighted by molar-refractivity contribution is 7.80. The van der Waals surface area contributed by atoms with E-state index < -0.39 is 0 Å². The molecule has 0 amide bonds. The third kappa shape index (κ3) is 2.48. The largest absolute Gasteiger partial charge is 0.446 e. The van der Waals surface area contributed by atoms with Gasteiger partial charge in [0, 0.05) is 19.7 Å². The van der Waals surface area contributed by atoms with Crippen LogP contribution in [0.15, 0.2) is 16.5 Å². The monoisotopic (exact) mass is 185 g/mol. The van der Waals surface area contributed by atoms with Gasteiger partial charge < -0.3 is 9.32 Å². The van der Waals surface area contributed by atoms with E-state index in [1.165, 1.54) is 0 Å². The van der Waals surface area contributed by atoms with Gasteiger partial charge in [-0.15, -0.1) is 0 Å². The number of rotatable bonds is 4. The number of nitrogens with zero attached hydrogens (tertiary/aromatic N) is 1. The van der Waals surface area contributed by atoms with E-state index in [9.17, 15) is 0 Å². The molecule has 0 unspecified atom stereocenters. The van der Waals surface area contributed by atoms with Gasteiger partial charge in [0.1, 0.15) is 5.76 Å². The average molecular weight is 185 g/mol. The second kappa shape index (κ2) is 4.45. The van der Waals surface area contributed by atoms with Crippen molar-refractivity contribution in [3.05, 3.63) is 17.9 Å². The van der Waals surface area contributed by atoms with Gasteiger partial charge in [0.15, 0.2) is 5.88 Å². The summed E-state index contributed by atoms with van der Waals surface area (Å²) in [7, 11) is 2.03. The van der Waals surface area contributed by atoms with Crippen molar-refractivity contribution in [3.8, 4) is 0 Å². The lowest BCUT2D eigenvalue weighted by atomic mass is 10.4. The fraction of sp³-hybridized carbons (Fsp3) is 0.556. The predicted molar refractivity (Wildman–Crippen MR) is 55.2 cm³/mol. The first-order valence-corrected chi connectivity index (χ1v) is 4.75. The molecule has 1 rings (SSSR count). The normalized spacial score (nSPS) is 10.2. The van der Waals surface area contributed by atoms with Crippen molar-refractivity contribution in [2.24, 2.45) is 0 Å². The van der Waals surface area contributed by atoms with Crippen LogP contribution in [0.5, 0.6) is 0 Å². The van der Waals surface area contributed by atoms with E-state index in [4.69, 9.17) is 4.42 Å². The Morgan fingerprint density at radius 2 is 2.25 bits per heavy atom. The molecule has 1 aromatic heterocycles. The topological polar surface area (TPSA) is 16.4 Å². The van der Waals surface area contributed by atoms with Gasteiger partial charge in [0.25, 0.3) is 0 Å². The minimum absolute atomic E-state index is 0.921. The molecule has 0 saturated heterocycles. The molecule has 0 atom stereocenters. The number of anilines is 1. The van der Waals surface area contributed by atoms with Crippen LogP contribution in [0.4, 0.5) is 5.88 Å². The second-order valence-corrected chi connectivity index (χ2v) is 3.33. The average Bonchev–Trinajstić information content (AvgIpc) is 2.47. The molecule has 0 saturated carbocycles. The summed E-state index contributed by atoms with van der Waals surface area (Å²) in [6, 6.07) is 3.97. The summed E-state index contributed by atoms with van der Waals surface area (Å²) in [6.07, 6.45) is 1.08. The van der Waals surface area contributed by atoms with E-state index in [1.807, 2.05) is 26.1 Å². The highest BCUT2D eigenvalue weighted by Gasteiger charge is 2.03. The van der Waals surface area contributed by atoms with Gasteiger partial charge in [-0.2, -0.15) is 12.6 Å². The summed E-state index contributed by atoms with van der Waals surface area (Å²) in [4.78, 5) is 2.10. The standard InChI is InChI=1S/C9H15NOS/c1-8-4-5-9(11-8)10(2)6-3-7-12/h4-5,12H,3,6-7H2,1-2H3. The summed E-state index contributed by atoms with van der Waals surface area (Å²) >= 11 is 4.16. The van der Waals surface area contributed by atoms with E-state index in [0.717, 1.165) is 30.4 Å². The van der Waals surface area contributed by atoms with E-state index in [0.29, 0.717) is 0 Å². The highest BCUT2D eigenvalue weighted by Crippen LogP contribution is 2.16. The van der Waals surface area contributed by atoms with E-state index in [2.05, 4.69) is 17.5 Å². The van der Waals surface area contributed by atoms with Crippen molar-refractivity contribution >= 4 is 18.5 Å². The lowest BCUT2D eigenvalue weighted by Crippen LogP contribution is -2.17. The van der Waals surface area contributed by atoms with Crippen molar-refractivity contribution < 1.29 is 4.42 Å². The van der Waals surface area contributed by atoms with Gasteiger partial charge >= 0.3 is 0 Å². The fourth-order valence-electron chi connectivity index (χ4n) is 1.04. The number of hydrogen-bond donors (Lipinski definition) is 1. The molecule has 0 aromatic carbocycles. The third-order valence-corrected chi connectivity index (χ3v) is 2.07. The van der Waals surface area contributed by atoms with E-state index >= 15 is 0 Å². The fourth-order valence-corrected chi connectivity index (χ4v) is 1.19. The molecule has 0 aliphatic heterocycles. The van der Waals surface area contributed by atoms with Crippen LogP contribution >= 0.6 is 12.6 Å². The molecular formula is C9H15NOS. The third-order valence-electron chi connectivity index (χ3n) is 1.75. The summed E-state index contributed by atoms with van der Waals surface area (Å²) in [6.45, 7) is 2.95. The minimum atomic E-state index is 0.921. The SMILES string of the molecule is Cc1ccc(N(C)CCCS)o1. The molecule has 12 heavy (non-hydrogen) atoms. The molecule has 0 aliphatic carbocycles. The summed E-state index contributed by atoms with van der Waals surface area (Å²) in [5, 5.41) is 0. The first-order chi connectivity index (χ1) is 5.74. The zero-order valence-corrected chi connectivity index (χ0v) is 8.47. The molecule has 1 aromatic rings. The maximum Gasteiger partial charge on any atom is 0.195 e. The Bertz CT molecular complexity index is 234. The Morgan fingerprint density at radius 3 is 2.75 bits per heavy atom. The van der Waals surface area contributed by atoms with E-state index in [1.54, 1.807) is 0 Å². The van der Waals surface area contributed by atoms with Gasteiger partial charge in [0.2, 0.25) is 0 Å². The molecule has 0 N–H and O–H groups in total. The van der Waals surface area contributed by atoms with Crippen LogP contribution in [-0.4, -0.2) is 19.3 Å². The second-order valence-electron chi connectivity index (χ2n) is 2.88. The molecule has 68 valence electrons. The first-order valence-electron chi connectivity index (χ1n) is 4.12. The number of thiol groups is 1. The summed E-state index contributed by atoms with van der Waals surface area (Å²) < 4.78 is 5.44. The summed E-state index contributed by atoms with van der Waals surface area (Å²) in [5.41, 5.74) is 0. The smallest absolute Gasteiger partial charge is 0.195 e. The molecule has 3 heteroatoms.